The van der Waals surface area contributed by atoms with Crippen molar-refractivity contribution in [2.24, 2.45) is 5.84 Å². The Hall–Kier alpha value is -1.55. The topological polar surface area (TPSA) is 64.3 Å². The Morgan fingerprint density at radius 2 is 1.88 bits per heavy atom. The number of carbonyl (C=O) groups is 1. The number of amides is 1. The lowest BCUT2D eigenvalue weighted by atomic mass is 10.1. The second-order valence-corrected chi connectivity index (χ2v) is 3.92. The van der Waals surface area contributed by atoms with Crippen molar-refractivity contribution in [2.45, 2.75) is 33.8 Å². The third-order valence-corrected chi connectivity index (χ3v) is 2.68. The molecule has 88 valence electrons. The van der Waals surface area contributed by atoms with Gasteiger partial charge in [0.15, 0.2) is 6.10 Å². The van der Waals surface area contributed by atoms with Crippen LogP contribution in [0.3, 0.4) is 0 Å². The van der Waals surface area contributed by atoms with Gasteiger partial charge in [0.1, 0.15) is 5.75 Å². The summed E-state index contributed by atoms with van der Waals surface area (Å²) in [4.78, 5) is 11.3. The minimum atomic E-state index is -0.593. The molecule has 4 nitrogen and oxygen atoms in total. The van der Waals surface area contributed by atoms with E-state index in [-0.39, 0.29) is 5.91 Å². The van der Waals surface area contributed by atoms with Crippen LogP contribution in [-0.2, 0) is 4.79 Å². The van der Waals surface area contributed by atoms with Crippen molar-refractivity contribution in [2.75, 3.05) is 0 Å². The van der Waals surface area contributed by atoms with E-state index in [0.717, 1.165) is 22.4 Å². The first-order chi connectivity index (χ1) is 7.47. The van der Waals surface area contributed by atoms with E-state index >= 15 is 0 Å². The molecule has 0 aliphatic carbocycles. The Kier molecular flexibility index (Phi) is 3.90. The number of rotatable bonds is 3. The number of carbonyl (C=O) groups excluding carboxylic acids is 1. The minimum absolute atomic E-state index is 0.333. The lowest BCUT2D eigenvalue weighted by Crippen LogP contribution is -2.40. The Morgan fingerprint density at radius 3 is 2.44 bits per heavy atom. The average Bonchev–Trinajstić information content (AvgIpc) is 2.28. The number of nitrogens with one attached hydrogen (secondary N) is 1. The van der Waals surface area contributed by atoms with Gasteiger partial charge in [-0.1, -0.05) is 12.1 Å². The highest BCUT2D eigenvalue weighted by Crippen LogP contribution is 2.26. The van der Waals surface area contributed by atoms with E-state index in [1.807, 2.05) is 32.9 Å². The highest BCUT2D eigenvalue weighted by atomic mass is 16.5. The number of ether oxygens (including phenoxy) is 1. The van der Waals surface area contributed by atoms with Crippen LogP contribution in [0.2, 0.25) is 0 Å². The van der Waals surface area contributed by atoms with Crippen LogP contribution in [0, 0.1) is 20.8 Å². The number of nitrogens with two attached hydrogens (primary N) is 1. The first kappa shape index (κ1) is 12.5. The zero-order chi connectivity index (χ0) is 12.3. The molecule has 0 aliphatic heterocycles. The molecule has 0 heterocycles. The first-order valence-corrected chi connectivity index (χ1v) is 5.21. The standard InChI is InChI=1S/C12H18N2O2/c1-7-5-6-8(2)11(9(7)3)16-10(4)12(15)14-13/h5-6,10H,13H2,1-4H3,(H,14,15). The van der Waals surface area contributed by atoms with Gasteiger partial charge in [0.05, 0.1) is 0 Å². The normalized spacial score (nSPS) is 12.1. The first-order valence-electron chi connectivity index (χ1n) is 5.21. The number of aryl methyl sites for hydroxylation is 2. The van der Waals surface area contributed by atoms with Crippen LogP contribution in [0.1, 0.15) is 23.6 Å². The van der Waals surface area contributed by atoms with Crippen molar-refractivity contribution < 1.29 is 9.53 Å². The third kappa shape index (κ3) is 2.52. The summed E-state index contributed by atoms with van der Waals surface area (Å²) in [6, 6.07) is 4.01. The number of hydrogen-bond acceptors (Lipinski definition) is 3. The summed E-state index contributed by atoms with van der Waals surface area (Å²) < 4.78 is 5.62. The predicted molar refractivity (Wildman–Crippen MR) is 63.1 cm³/mol. The smallest absolute Gasteiger partial charge is 0.274 e. The zero-order valence-corrected chi connectivity index (χ0v) is 10.1. The monoisotopic (exact) mass is 222 g/mol. The summed E-state index contributed by atoms with van der Waals surface area (Å²) in [6.45, 7) is 7.61. The van der Waals surface area contributed by atoms with Crippen molar-refractivity contribution in [3.8, 4) is 5.75 Å². The quantitative estimate of drug-likeness (QED) is 0.461. The predicted octanol–water partition coefficient (Wildman–Crippen LogP) is 1.37. The summed E-state index contributed by atoms with van der Waals surface area (Å²) in [6.07, 6.45) is -0.593. The Morgan fingerprint density at radius 1 is 1.31 bits per heavy atom. The van der Waals surface area contributed by atoms with Gasteiger partial charge in [-0.05, 0) is 44.4 Å². The van der Waals surface area contributed by atoms with Crippen LogP contribution in [-0.4, -0.2) is 12.0 Å². The van der Waals surface area contributed by atoms with Gasteiger partial charge in [0, 0.05) is 0 Å². The fourth-order valence-electron chi connectivity index (χ4n) is 1.45. The maximum Gasteiger partial charge on any atom is 0.274 e. The van der Waals surface area contributed by atoms with Gasteiger partial charge in [-0.2, -0.15) is 0 Å². The van der Waals surface area contributed by atoms with E-state index in [4.69, 9.17) is 10.6 Å². The van der Waals surface area contributed by atoms with Crippen LogP contribution in [0.4, 0.5) is 0 Å². The zero-order valence-electron chi connectivity index (χ0n) is 10.1. The molecule has 1 aromatic rings. The van der Waals surface area contributed by atoms with Crippen LogP contribution in [0.5, 0.6) is 5.75 Å². The summed E-state index contributed by atoms with van der Waals surface area (Å²) >= 11 is 0. The van der Waals surface area contributed by atoms with Gasteiger partial charge in [0.2, 0.25) is 0 Å². The Labute approximate surface area is 95.8 Å². The summed E-state index contributed by atoms with van der Waals surface area (Å²) in [5.41, 5.74) is 5.28. The molecular weight excluding hydrogens is 204 g/mol. The van der Waals surface area contributed by atoms with Gasteiger partial charge < -0.3 is 4.74 Å². The molecule has 16 heavy (non-hydrogen) atoms. The molecule has 0 saturated carbocycles. The molecule has 1 aromatic carbocycles. The number of benzene rings is 1. The highest BCUT2D eigenvalue weighted by molar-refractivity contribution is 5.80. The molecule has 0 aliphatic rings. The van der Waals surface area contributed by atoms with Gasteiger partial charge in [-0.25, -0.2) is 5.84 Å². The van der Waals surface area contributed by atoms with Crippen LogP contribution in [0.25, 0.3) is 0 Å². The summed E-state index contributed by atoms with van der Waals surface area (Å²) in [7, 11) is 0. The van der Waals surface area contributed by atoms with Crippen LogP contribution < -0.4 is 16.0 Å². The van der Waals surface area contributed by atoms with Crippen molar-refractivity contribution in [1.29, 1.82) is 0 Å². The molecule has 0 radical (unpaired) electrons. The molecule has 1 amide bonds. The molecular formula is C12H18N2O2. The molecule has 4 heteroatoms. The molecule has 3 N–H and O–H groups in total. The Bertz CT molecular complexity index is 402. The number of hydrazine groups is 1. The molecule has 1 unspecified atom stereocenters. The fourth-order valence-corrected chi connectivity index (χ4v) is 1.45. The molecule has 0 fully saturated rings. The van der Waals surface area contributed by atoms with E-state index in [1.165, 1.54) is 0 Å². The van der Waals surface area contributed by atoms with E-state index in [1.54, 1.807) is 6.92 Å². The lowest BCUT2D eigenvalue weighted by molar-refractivity contribution is -0.127. The fraction of sp³-hybridized carbons (Fsp3) is 0.417. The minimum Gasteiger partial charge on any atom is -0.480 e. The molecule has 1 atom stereocenters. The van der Waals surface area contributed by atoms with Gasteiger partial charge in [-0.15, -0.1) is 0 Å². The van der Waals surface area contributed by atoms with Gasteiger partial charge in [0.25, 0.3) is 5.91 Å². The van der Waals surface area contributed by atoms with E-state index in [0.29, 0.717) is 0 Å². The van der Waals surface area contributed by atoms with Crippen molar-refractivity contribution in [1.82, 2.24) is 5.43 Å². The highest BCUT2D eigenvalue weighted by Gasteiger charge is 2.16. The second-order valence-electron chi connectivity index (χ2n) is 3.92. The third-order valence-electron chi connectivity index (χ3n) is 2.68. The number of hydrogen-bond donors (Lipinski definition) is 2. The molecule has 0 saturated heterocycles. The SMILES string of the molecule is Cc1ccc(C)c(OC(C)C(=O)NN)c1C. The molecule has 1 rings (SSSR count). The van der Waals surface area contributed by atoms with Crippen molar-refractivity contribution in [3.05, 3.63) is 28.8 Å². The summed E-state index contributed by atoms with van der Waals surface area (Å²) in [5, 5.41) is 0. The van der Waals surface area contributed by atoms with Crippen LogP contribution in [0.15, 0.2) is 12.1 Å². The lowest BCUT2D eigenvalue weighted by Gasteiger charge is -2.18. The largest absolute Gasteiger partial charge is 0.480 e. The second kappa shape index (κ2) is 4.99. The molecule has 0 bridgehead atoms. The van der Waals surface area contributed by atoms with Crippen LogP contribution >= 0.6 is 0 Å². The van der Waals surface area contributed by atoms with E-state index < -0.39 is 6.10 Å². The molecule has 0 aromatic heterocycles. The van der Waals surface area contributed by atoms with E-state index in [9.17, 15) is 4.79 Å². The maximum absolute atomic E-state index is 11.3. The van der Waals surface area contributed by atoms with Crippen molar-refractivity contribution >= 4 is 5.91 Å². The van der Waals surface area contributed by atoms with Gasteiger partial charge >= 0.3 is 0 Å². The average molecular weight is 222 g/mol. The maximum atomic E-state index is 11.3. The van der Waals surface area contributed by atoms with Crippen molar-refractivity contribution in [3.63, 3.8) is 0 Å². The molecule has 0 spiro atoms. The van der Waals surface area contributed by atoms with Gasteiger partial charge in [-0.3, -0.25) is 10.2 Å². The Balaban J connectivity index is 2.97. The summed E-state index contributed by atoms with van der Waals surface area (Å²) in [5.74, 6) is 5.48. The van der Waals surface area contributed by atoms with E-state index in [2.05, 4.69) is 5.43 Å².